The minimum atomic E-state index is -0.203. The molecule has 0 aromatic carbocycles. The molecule has 0 saturated heterocycles. The topological polar surface area (TPSA) is 29.5 Å². The fraction of sp³-hybridized carbons (Fsp3) is 0.786. The molecule has 17 heavy (non-hydrogen) atoms. The predicted molar refractivity (Wildman–Crippen MR) is 71.8 cm³/mol. The lowest BCUT2D eigenvalue weighted by Crippen LogP contribution is -2.21. The van der Waals surface area contributed by atoms with E-state index in [0.717, 1.165) is 25.9 Å². The summed E-state index contributed by atoms with van der Waals surface area (Å²) >= 11 is 0. The summed E-state index contributed by atoms with van der Waals surface area (Å²) in [4.78, 5) is 13.7. The van der Waals surface area contributed by atoms with Crippen molar-refractivity contribution in [3.8, 4) is 0 Å². The summed E-state index contributed by atoms with van der Waals surface area (Å²) in [6.07, 6.45) is 6.62. The molecule has 0 atom stereocenters. The van der Waals surface area contributed by atoms with Gasteiger partial charge in [0.1, 0.15) is 0 Å². The first-order valence-electron chi connectivity index (χ1n) is 6.75. The molecule has 0 N–H and O–H groups in total. The summed E-state index contributed by atoms with van der Waals surface area (Å²) in [5, 5.41) is 0. The van der Waals surface area contributed by atoms with Crippen molar-refractivity contribution < 1.29 is 9.53 Å². The second-order valence-electron chi connectivity index (χ2n) is 4.28. The summed E-state index contributed by atoms with van der Waals surface area (Å²) < 4.78 is 4.98. The van der Waals surface area contributed by atoms with E-state index in [-0.39, 0.29) is 5.97 Å². The minimum absolute atomic E-state index is 0.203. The number of rotatable bonds is 9. The Hall–Kier alpha value is -0.990. The largest absolute Gasteiger partial charge is 0.463 e. The third-order valence-electron chi connectivity index (χ3n) is 2.57. The van der Waals surface area contributed by atoms with Crippen molar-refractivity contribution in [1.29, 1.82) is 0 Å². The van der Waals surface area contributed by atoms with E-state index in [2.05, 4.69) is 18.7 Å². The molecule has 0 amide bonds. The summed E-state index contributed by atoms with van der Waals surface area (Å²) in [5.74, 6) is -0.203. The van der Waals surface area contributed by atoms with Gasteiger partial charge < -0.3 is 9.64 Å². The number of esters is 1. The Morgan fingerprint density at radius 1 is 1.12 bits per heavy atom. The van der Waals surface area contributed by atoms with Crippen LogP contribution in [0.15, 0.2) is 11.8 Å². The SMILES string of the molecule is CCCCN(C=C(C)C(=O)OCC)CCCC. The van der Waals surface area contributed by atoms with Crippen LogP contribution in [-0.4, -0.2) is 30.6 Å². The van der Waals surface area contributed by atoms with Gasteiger partial charge in [-0.3, -0.25) is 0 Å². The standard InChI is InChI=1S/C14H27NO2/c1-5-8-10-15(11-9-6-2)12-13(4)14(16)17-7-3/h12H,5-11H2,1-4H3. The number of carbonyl (C=O) groups excluding carboxylic acids is 1. The van der Waals surface area contributed by atoms with Crippen molar-refractivity contribution in [1.82, 2.24) is 4.90 Å². The average molecular weight is 241 g/mol. The zero-order valence-electron chi connectivity index (χ0n) is 11.8. The number of ether oxygens (including phenoxy) is 1. The summed E-state index contributed by atoms with van der Waals surface area (Å²) in [6.45, 7) is 10.5. The quantitative estimate of drug-likeness (QED) is 0.458. The van der Waals surface area contributed by atoms with Gasteiger partial charge in [-0.2, -0.15) is 0 Å². The molecule has 0 rings (SSSR count). The molecule has 100 valence electrons. The van der Waals surface area contributed by atoms with Crippen molar-refractivity contribution in [2.45, 2.75) is 53.4 Å². The lowest BCUT2D eigenvalue weighted by atomic mass is 10.2. The van der Waals surface area contributed by atoms with E-state index >= 15 is 0 Å². The Morgan fingerprint density at radius 3 is 2.06 bits per heavy atom. The zero-order valence-corrected chi connectivity index (χ0v) is 11.8. The Balaban J connectivity index is 4.35. The van der Waals surface area contributed by atoms with Crippen LogP contribution in [0.2, 0.25) is 0 Å². The van der Waals surface area contributed by atoms with Crippen LogP contribution in [-0.2, 0) is 9.53 Å². The molecule has 0 aliphatic heterocycles. The molecule has 3 nitrogen and oxygen atoms in total. The maximum absolute atomic E-state index is 11.5. The van der Waals surface area contributed by atoms with Gasteiger partial charge in [-0.05, 0) is 26.7 Å². The molecule has 3 heteroatoms. The average Bonchev–Trinajstić information content (AvgIpc) is 2.32. The van der Waals surface area contributed by atoms with Gasteiger partial charge in [-0.15, -0.1) is 0 Å². The van der Waals surface area contributed by atoms with Gasteiger partial charge >= 0.3 is 5.97 Å². The summed E-state index contributed by atoms with van der Waals surface area (Å²) in [5.41, 5.74) is 0.694. The second kappa shape index (κ2) is 10.2. The highest BCUT2D eigenvalue weighted by Crippen LogP contribution is 2.05. The van der Waals surface area contributed by atoms with Crippen LogP contribution in [0.1, 0.15) is 53.4 Å². The number of nitrogens with zero attached hydrogens (tertiary/aromatic N) is 1. The van der Waals surface area contributed by atoms with Gasteiger partial charge in [0.2, 0.25) is 0 Å². The van der Waals surface area contributed by atoms with Crippen LogP contribution < -0.4 is 0 Å². The highest BCUT2D eigenvalue weighted by Gasteiger charge is 2.07. The third-order valence-corrected chi connectivity index (χ3v) is 2.57. The first-order valence-corrected chi connectivity index (χ1v) is 6.75. The number of carbonyl (C=O) groups is 1. The van der Waals surface area contributed by atoms with Crippen LogP contribution >= 0.6 is 0 Å². The Bertz CT molecular complexity index is 228. The lowest BCUT2D eigenvalue weighted by molar-refractivity contribution is -0.138. The monoisotopic (exact) mass is 241 g/mol. The zero-order chi connectivity index (χ0) is 13.1. The van der Waals surface area contributed by atoms with E-state index < -0.39 is 0 Å². The van der Waals surface area contributed by atoms with Crippen molar-refractivity contribution in [3.63, 3.8) is 0 Å². The molecule has 0 aliphatic rings. The number of hydrogen-bond donors (Lipinski definition) is 0. The lowest BCUT2D eigenvalue weighted by Gasteiger charge is -2.20. The Kier molecular flexibility index (Phi) is 9.59. The van der Waals surface area contributed by atoms with Crippen LogP contribution in [0, 0.1) is 0 Å². The van der Waals surface area contributed by atoms with Gasteiger partial charge in [0, 0.05) is 24.9 Å². The van der Waals surface area contributed by atoms with Gasteiger partial charge in [-0.1, -0.05) is 26.7 Å². The van der Waals surface area contributed by atoms with Crippen molar-refractivity contribution in [2.24, 2.45) is 0 Å². The smallest absolute Gasteiger partial charge is 0.335 e. The fourth-order valence-corrected chi connectivity index (χ4v) is 1.53. The Morgan fingerprint density at radius 2 is 1.65 bits per heavy atom. The van der Waals surface area contributed by atoms with Crippen LogP contribution in [0.25, 0.3) is 0 Å². The molecule has 0 bridgehead atoms. The first kappa shape index (κ1) is 16.0. The highest BCUT2D eigenvalue weighted by atomic mass is 16.5. The molecule has 0 saturated carbocycles. The van der Waals surface area contributed by atoms with Gasteiger partial charge in [-0.25, -0.2) is 4.79 Å². The van der Waals surface area contributed by atoms with E-state index in [9.17, 15) is 4.79 Å². The highest BCUT2D eigenvalue weighted by molar-refractivity contribution is 5.87. The molecular formula is C14H27NO2. The molecule has 0 aromatic rings. The molecule has 0 radical (unpaired) electrons. The maximum atomic E-state index is 11.5. The number of hydrogen-bond acceptors (Lipinski definition) is 3. The summed E-state index contributed by atoms with van der Waals surface area (Å²) in [7, 11) is 0. The van der Waals surface area contributed by atoms with Crippen LogP contribution in [0.5, 0.6) is 0 Å². The van der Waals surface area contributed by atoms with E-state index in [4.69, 9.17) is 4.74 Å². The van der Waals surface area contributed by atoms with Gasteiger partial charge in [0.05, 0.1) is 6.61 Å². The normalized spacial score (nSPS) is 11.4. The van der Waals surface area contributed by atoms with Crippen molar-refractivity contribution >= 4 is 5.97 Å². The fourth-order valence-electron chi connectivity index (χ4n) is 1.53. The van der Waals surface area contributed by atoms with Crippen LogP contribution in [0.3, 0.4) is 0 Å². The molecule has 0 spiro atoms. The number of unbranched alkanes of at least 4 members (excludes halogenated alkanes) is 2. The molecule has 0 unspecified atom stereocenters. The van der Waals surface area contributed by atoms with E-state index in [0.29, 0.717) is 12.2 Å². The van der Waals surface area contributed by atoms with Crippen molar-refractivity contribution in [3.05, 3.63) is 11.8 Å². The molecular weight excluding hydrogens is 214 g/mol. The van der Waals surface area contributed by atoms with E-state index in [1.165, 1.54) is 12.8 Å². The maximum Gasteiger partial charge on any atom is 0.335 e. The van der Waals surface area contributed by atoms with E-state index in [1.807, 2.05) is 20.0 Å². The molecule has 0 heterocycles. The van der Waals surface area contributed by atoms with E-state index in [1.54, 1.807) is 0 Å². The second-order valence-corrected chi connectivity index (χ2v) is 4.28. The van der Waals surface area contributed by atoms with Crippen molar-refractivity contribution in [2.75, 3.05) is 19.7 Å². The van der Waals surface area contributed by atoms with Crippen LogP contribution in [0.4, 0.5) is 0 Å². The summed E-state index contributed by atoms with van der Waals surface area (Å²) in [6, 6.07) is 0. The molecule has 0 aromatic heterocycles. The van der Waals surface area contributed by atoms with Gasteiger partial charge in [0.25, 0.3) is 0 Å². The Labute approximate surface area is 106 Å². The van der Waals surface area contributed by atoms with Gasteiger partial charge in [0.15, 0.2) is 0 Å². The minimum Gasteiger partial charge on any atom is -0.463 e. The molecule has 0 fully saturated rings. The third kappa shape index (κ3) is 7.83. The predicted octanol–water partition coefficient (Wildman–Crippen LogP) is 3.36. The molecule has 0 aliphatic carbocycles. The first-order chi connectivity index (χ1) is 8.15.